The number of nitrogens with zero attached hydrogens (tertiary/aromatic N) is 4. The first-order valence-electron chi connectivity index (χ1n) is 7.10. The molecule has 0 aliphatic heterocycles. The minimum Gasteiger partial charge on any atom is -0.319 e. The van der Waals surface area contributed by atoms with Gasteiger partial charge in [-0.15, -0.1) is 0 Å². The third-order valence-corrected chi connectivity index (χ3v) is 3.24. The van der Waals surface area contributed by atoms with Gasteiger partial charge in [0, 0.05) is 23.8 Å². The van der Waals surface area contributed by atoms with E-state index < -0.39 is 0 Å². The van der Waals surface area contributed by atoms with E-state index in [0.29, 0.717) is 11.6 Å². The van der Waals surface area contributed by atoms with Gasteiger partial charge in [0.25, 0.3) is 0 Å². The number of likely N-dealkylation sites (N-methyl/N-ethyl adjacent to an activating group) is 1. The van der Waals surface area contributed by atoms with Crippen molar-refractivity contribution in [1.29, 1.82) is 0 Å². The molecule has 0 aliphatic rings. The molecule has 5 heteroatoms. The number of nitrogens with one attached hydrogen (secondary N) is 1. The van der Waals surface area contributed by atoms with Gasteiger partial charge in [0.1, 0.15) is 0 Å². The zero-order chi connectivity index (χ0) is 14.4. The van der Waals surface area contributed by atoms with Crippen LogP contribution in [0.4, 0.5) is 0 Å². The molecular formula is C15H21N5. The van der Waals surface area contributed by atoms with E-state index in [1.54, 1.807) is 18.5 Å². The molecule has 0 atom stereocenters. The Bertz CT molecular complexity index is 528. The Labute approximate surface area is 119 Å². The highest BCUT2D eigenvalue weighted by molar-refractivity contribution is 5.45. The van der Waals surface area contributed by atoms with Crippen LogP contribution in [0, 0.1) is 0 Å². The second-order valence-corrected chi connectivity index (χ2v) is 4.55. The van der Waals surface area contributed by atoms with Crippen LogP contribution in [-0.2, 0) is 19.3 Å². The van der Waals surface area contributed by atoms with Crippen molar-refractivity contribution < 1.29 is 0 Å². The summed E-state index contributed by atoms with van der Waals surface area (Å²) in [6, 6.07) is 1.80. The van der Waals surface area contributed by atoms with E-state index in [9.17, 15) is 0 Å². The fourth-order valence-electron chi connectivity index (χ4n) is 2.22. The topological polar surface area (TPSA) is 63.6 Å². The van der Waals surface area contributed by atoms with Gasteiger partial charge in [-0.1, -0.05) is 13.8 Å². The maximum atomic E-state index is 4.66. The van der Waals surface area contributed by atoms with E-state index in [1.165, 1.54) is 5.56 Å². The van der Waals surface area contributed by atoms with Gasteiger partial charge in [-0.05, 0) is 44.5 Å². The van der Waals surface area contributed by atoms with Crippen LogP contribution in [0.3, 0.4) is 0 Å². The maximum Gasteiger partial charge on any atom is 0.198 e. The molecule has 0 saturated carbocycles. The van der Waals surface area contributed by atoms with Crippen LogP contribution in [0.5, 0.6) is 0 Å². The SMILES string of the molecule is CCc1nc(-c2ncccn2)nc(CC)c1CCNC. The molecule has 1 N–H and O–H groups in total. The highest BCUT2D eigenvalue weighted by atomic mass is 15.0. The minimum absolute atomic E-state index is 0.595. The predicted octanol–water partition coefficient (Wildman–Crippen LogP) is 1.82. The van der Waals surface area contributed by atoms with Gasteiger partial charge in [0.05, 0.1) is 0 Å². The largest absolute Gasteiger partial charge is 0.319 e. The summed E-state index contributed by atoms with van der Waals surface area (Å²) in [4.78, 5) is 17.8. The second kappa shape index (κ2) is 7.05. The summed E-state index contributed by atoms with van der Waals surface area (Å²) < 4.78 is 0. The summed E-state index contributed by atoms with van der Waals surface area (Å²) in [5.74, 6) is 1.23. The van der Waals surface area contributed by atoms with Crippen LogP contribution in [0.15, 0.2) is 18.5 Å². The van der Waals surface area contributed by atoms with Gasteiger partial charge in [0.15, 0.2) is 11.6 Å². The van der Waals surface area contributed by atoms with Crippen molar-refractivity contribution in [2.75, 3.05) is 13.6 Å². The van der Waals surface area contributed by atoms with Crippen LogP contribution in [0.25, 0.3) is 11.6 Å². The van der Waals surface area contributed by atoms with Crippen LogP contribution in [0.1, 0.15) is 30.8 Å². The average molecular weight is 271 g/mol. The zero-order valence-corrected chi connectivity index (χ0v) is 12.3. The molecule has 2 heterocycles. The number of aryl methyl sites for hydroxylation is 2. The third-order valence-electron chi connectivity index (χ3n) is 3.24. The van der Waals surface area contributed by atoms with Gasteiger partial charge in [-0.3, -0.25) is 0 Å². The molecule has 20 heavy (non-hydrogen) atoms. The molecule has 0 aromatic carbocycles. The number of aromatic nitrogens is 4. The summed E-state index contributed by atoms with van der Waals surface area (Å²) in [7, 11) is 1.96. The smallest absolute Gasteiger partial charge is 0.198 e. The Kier molecular flexibility index (Phi) is 5.12. The number of rotatable bonds is 6. The van der Waals surface area contributed by atoms with Crippen molar-refractivity contribution in [2.24, 2.45) is 0 Å². The monoisotopic (exact) mass is 271 g/mol. The molecule has 0 spiro atoms. The first-order chi connectivity index (χ1) is 9.80. The van der Waals surface area contributed by atoms with E-state index in [0.717, 1.165) is 37.2 Å². The molecule has 2 rings (SSSR count). The van der Waals surface area contributed by atoms with Crippen molar-refractivity contribution in [3.8, 4) is 11.6 Å². The van der Waals surface area contributed by atoms with E-state index in [-0.39, 0.29) is 0 Å². The van der Waals surface area contributed by atoms with E-state index in [4.69, 9.17) is 0 Å². The van der Waals surface area contributed by atoms with Gasteiger partial charge in [-0.25, -0.2) is 19.9 Å². The summed E-state index contributed by atoms with van der Waals surface area (Å²) in [6.45, 7) is 5.19. The Morgan fingerprint density at radius 1 is 0.950 bits per heavy atom. The highest BCUT2D eigenvalue weighted by Crippen LogP contribution is 2.18. The fourth-order valence-corrected chi connectivity index (χ4v) is 2.22. The van der Waals surface area contributed by atoms with E-state index in [2.05, 4.69) is 39.1 Å². The standard InChI is InChI=1S/C15H21N5/c1-4-12-11(7-10-16-3)13(5-2)20-15(19-12)14-17-8-6-9-18-14/h6,8-9,16H,4-5,7,10H2,1-3H3. The molecule has 2 aromatic rings. The van der Waals surface area contributed by atoms with Gasteiger partial charge >= 0.3 is 0 Å². The molecular weight excluding hydrogens is 250 g/mol. The minimum atomic E-state index is 0.595. The Hall–Kier alpha value is -1.88. The number of hydrogen-bond donors (Lipinski definition) is 1. The molecule has 0 unspecified atom stereocenters. The lowest BCUT2D eigenvalue weighted by atomic mass is 10.0. The summed E-state index contributed by atoms with van der Waals surface area (Å²) in [5, 5.41) is 3.18. The van der Waals surface area contributed by atoms with Crippen LogP contribution in [-0.4, -0.2) is 33.5 Å². The molecule has 2 aromatic heterocycles. The Morgan fingerprint density at radius 2 is 1.55 bits per heavy atom. The number of hydrogen-bond acceptors (Lipinski definition) is 5. The zero-order valence-electron chi connectivity index (χ0n) is 12.3. The van der Waals surface area contributed by atoms with Gasteiger partial charge in [-0.2, -0.15) is 0 Å². The highest BCUT2D eigenvalue weighted by Gasteiger charge is 2.14. The fraction of sp³-hybridized carbons (Fsp3) is 0.467. The third kappa shape index (κ3) is 3.17. The van der Waals surface area contributed by atoms with Crippen molar-refractivity contribution in [1.82, 2.24) is 25.3 Å². The van der Waals surface area contributed by atoms with Crippen molar-refractivity contribution in [3.05, 3.63) is 35.4 Å². The molecule has 0 radical (unpaired) electrons. The van der Waals surface area contributed by atoms with Crippen LogP contribution >= 0.6 is 0 Å². The summed E-state index contributed by atoms with van der Waals surface area (Å²) in [5.41, 5.74) is 3.48. The second-order valence-electron chi connectivity index (χ2n) is 4.55. The lowest BCUT2D eigenvalue weighted by Crippen LogP contribution is -2.15. The molecule has 106 valence electrons. The Balaban J connectivity index is 2.47. The molecule has 0 saturated heterocycles. The summed E-state index contributed by atoms with van der Waals surface area (Å²) in [6.07, 6.45) is 6.19. The van der Waals surface area contributed by atoms with Crippen molar-refractivity contribution in [2.45, 2.75) is 33.1 Å². The molecule has 0 amide bonds. The lowest BCUT2D eigenvalue weighted by Gasteiger charge is -2.13. The lowest BCUT2D eigenvalue weighted by molar-refractivity contribution is 0.759. The van der Waals surface area contributed by atoms with E-state index >= 15 is 0 Å². The molecule has 0 fully saturated rings. The summed E-state index contributed by atoms with van der Waals surface area (Å²) >= 11 is 0. The normalized spacial score (nSPS) is 10.8. The van der Waals surface area contributed by atoms with Crippen molar-refractivity contribution >= 4 is 0 Å². The van der Waals surface area contributed by atoms with Gasteiger partial charge in [0.2, 0.25) is 0 Å². The van der Waals surface area contributed by atoms with Gasteiger partial charge < -0.3 is 5.32 Å². The predicted molar refractivity (Wildman–Crippen MR) is 79.4 cm³/mol. The molecule has 0 bridgehead atoms. The Morgan fingerprint density at radius 3 is 2.05 bits per heavy atom. The average Bonchev–Trinajstić information content (AvgIpc) is 2.52. The maximum absolute atomic E-state index is 4.66. The molecule has 5 nitrogen and oxygen atoms in total. The molecule has 0 aliphatic carbocycles. The quantitative estimate of drug-likeness (QED) is 0.868. The van der Waals surface area contributed by atoms with Crippen LogP contribution < -0.4 is 5.32 Å². The van der Waals surface area contributed by atoms with Crippen LogP contribution in [0.2, 0.25) is 0 Å². The van der Waals surface area contributed by atoms with Crippen molar-refractivity contribution in [3.63, 3.8) is 0 Å². The first kappa shape index (κ1) is 14.5. The first-order valence-corrected chi connectivity index (χ1v) is 7.10. The van der Waals surface area contributed by atoms with E-state index in [1.807, 2.05) is 7.05 Å².